The molecule has 2 rings (SSSR count). The quantitative estimate of drug-likeness (QED) is 0.858. The van der Waals surface area contributed by atoms with E-state index in [1.165, 1.54) is 0 Å². The minimum atomic E-state index is -0.353. The van der Waals surface area contributed by atoms with E-state index < -0.39 is 0 Å². The van der Waals surface area contributed by atoms with Gasteiger partial charge in [-0.25, -0.2) is 4.79 Å². The number of hydrogen-bond acceptors (Lipinski definition) is 3. The van der Waals surface area contributed by atoms with Crippen molar-refractivity contribution in [1.29, 1.82) is 0 Å². The molecule has 0 unspecified atom stereocenters. The summed E-state index contributed by atoms with van der Waals surface area (Å²) < 4.78 is 11.0. The maximum absolute atomic E-state index is 12.3. The van der Waals surface area contributed by atoms with Gasteiger partial charge in [-0.3, -0.25) is 0 Å². The Morgan fingerprint density at radius 3 is 2.39 bits per heavy atom. The summed E-state index contributed by atoms with van der Waals surface area (Å²) in [5, 5.41) is 5.61. The molecule has 0 aliphatic heterocycles. The van der Waals surface area contributed by atoms with Crippen LogP contribution in [0.2, 0.25) is 0 Å². The summed E-state index contributed by atoms with van der Waals surface area (Å²) in [6.07, 6.45) is 0.0258. The fourth-order valence-corrected chi connectivity index (χ4v) is 2.12. The van der Waals surface area contributed by atoms with Crippen molar-refractivity contribution in [3.8, 4) is 11.5 Å². The van der Waals surface area contributed by atoms with E-state index in [2.05, 4.69) is 10.6 Å². The second-order valence-electron chi connectivity index (χ2n) is 5.45. The normalized spacial score (nSPS) is 10.3. The Balaban J connectivity index is 2.13. The van der Waals surface area contributed by atoms with Gasteiger partial charge in [-0.15, -0.1) is 0 Å². The molecule has 0 bridgehead atoms. The maximum atomic E-state index is 12.3. The minimum absolute atomic E-state index is 0.0258. The second kappa shape index (κ2) is 7.54. The third kappa shape index (κ3) is 4.64. The number of carbonyl (C=O) groups is 1. The van der Waals surface area contributed by atoms with Gasteiger partial charge in [0.25, 0.3) is 0 Å². The van der Waals surface area contributed by atoms with Crippen LogP contribution in [0.5, 0.6) is 11.5 Å². The van der Waals surface area contributed by atoms with Crippen LogP contribution in [-0.4, -0.2) is 19.2 Å². The number of carbonyl (C=O) groups excluding carboxylic acids is 1. The molecule has 2 aromatic carbocycles. The first-order valence-electron chi connectivity index (χ1n) is 7.48. The first-order chi connectivity index (χ1) is 11.0. The second-order valence-corrected chi connectivity index (χ2v) is 5.45. The van der Waals surface area contributed by atoms with Crippen LogP contribution < -0.4 is 20.1 Å². The molecule has 0 aliphatic rings. The fourth-order valence-electron chi connectivity index (χ4n) is 2.12. The summed E-state index contributed by atoms with van der Waals surface area (Å²) >= 11 is 0. The van der Waals surface area contributed by atoms with Crippen LogP contribution in [0.15, 0.2) is 42.5 Å². The lowest BCUT2D eigenvalue weighted by atomic mass is 10.2. The van der Waals surface area contributed by atoms with E-state index in [1.54, 1.807) is 13.2 Å². The molecule has 2 amide bonds. The molecule has 23 heavy (non-hydrogen) atoms. The van der Waals surface area contributed by atoms with Gasteiger partial charge >= 0.3 is 6.03 Å². The van der Waals surface area contributed by atoms with Crippen LogP contribution in [0, 0.1) is 6.92 Å². The molecule has 2 N–H and O–H groups in total. The molecule has 0 heterocycles. The van der Waals surface area contributed by atoms with Crippen LogP contribution in [-0.2, 0) is 0 Å². The summed E-state index contributed by atoms with van der Waals surface area (Å²) in [4.78, 5) is 12.3. The van der Waals surface area contributed by atoms with Crippen molar-refractivity contribution >= 4 is 17.4 Å². The number of anilines is 2. The molecule has 0 aliphatic carbocycles. The monoisotopic (exact) mass is 314 g/mol. The highest BCUT2D eigenvalue weighted by Crippen LogP contribution is 2.27. The first-order valence-corrected chi connectivity index (χ1v) is 7.48. The van der Waals surface area contributed by atoms with Gasteiger partial charge < -0.3 is 20.1 Å². The number of methoxy groups -OCH3 is 1. The highest BCUT2D eigenvalue weighted by Gasteiger charge is 2.11. The first kappa shape index (κ1) is 16.7. The number of amides is 2. The Hall–Kier alpha value is -2.69. The van der Waals surface area contributed by atoms with Gasteiger partial charge in [0, 0.05) is 0 Å². The molecular weight excluding hydrogens is 292 g/mol. The van der Waals surface area contributed by atoms with E-state index in [1.807, 2.05) is 57.2 Å². The average molecular weight is 314 g/mol. The Kier molecular flexibility index (Phi) is 5.46. The number of aryl methyl sites for hydroxylation is 1. The third-order valence-corrected chi connectivity index (χ3v) is 3.10. The molecular formula is C18H22N2O3. The molecule has 0 saturated heterocycles. The molecule has 0 aromatic heterocycles. The van der Waals surface area contributed by atoms with Crippen LogP contribution in [0.3, 0.4) is 0 Å². The lowest BCUT2D eigenvalue weighted by Crippen LogP contribution is -2.20. The predicted molar refractivity (Wildman–Crippen MR) is 92.6 cm³/mol. The molecule has 0 spiro atoms. The smallest absolute Gasteiger partial charge is 0.323 e. The number of hydrogen-bond donors (Lipinski definition) is 2. The van der Waals surface area contributed by atoms with E-state index in [9.17, 15) is 4.79 Å². The molecule has 0 atom stereocenters. The van der Waals surface area contributed by atoms with Crippen molar-refractivity contribution in [3.05, 3.63) is 48.0 Å². The summed E-state index contributed by atoms with van der Waals surface area (Å²) in [7, 11) is 1.57. The largest absolute Gasteiger partial charge is 0.495 e. The van der Waals surface area contributed by atoms with Gasteiger partial charge in [0.1, 0.15) is 11.5 Å². The zero-order valence-corrected chi connectivity index (χ0v) is 13.8. The highest BCUT2D eigenvalue weighted by molar-refractivity contribution is 6.01. The Labute approximate surface area is 136 Å². The summed E-state index contributed by atoms with van der Waals surface area (Å²) in [5.74, 6) is 1.24. The summed E-state index contributed by atoms with van der Waals surface area (Å²) in [6, 6.07) is 12.6. The highest BCUT2D eigenvalue weighted by atomic mass is 16.5. The summed E-state index contributed by atoms with van der Waals surface area (Å²) in [5.41, 5.74) is 2.27. The van der Waals surface area contributed by atoms with Crippen molar-refractivity contribution in [1.82, 2.24) is 0 Å². The van der Waals surface area contributed by atoms with Gasteiger partial charge in [0.15, 0.2) is 0 Å². The lowest BCUT2D eigenvalue weighted by Gasteiger charge is -2.16. The van der Waals surface area contributed by atoms with Gasteiger partial charge in [-0.2, -0.15) is 0 Å². The standard InChI is InChI=1S/C18H22N2O3/c1-12(2)23-17-8-6-5-7-14(17)19-18(21)20-15-11-13(3)9-10-16(15)22-4/h5-12H,1-4H3,(H2,19,20,21). The van der Waals surface area contributed by atoms with Gasteiger partial charge in [0.05, 0.1) is 24.6 Å². The molecule has 5 heteroatoms. The predicted octanol–water partition coefficient (Wildman–Crippen LogP) is 4.43. The van der Waals surface area contributed by atoms with E-state index in [0.717, 1.165) is 5.56 Å². The third-order valence-electron chi connectivity index (χ3n) is 3.10. The zero-order valence-electron chi connectivity index (χ0n) is 13.8. The fraction of sp³-hybridized carbons (Fsp3) is 0.278. The molecule has 0 radical (unpaired) electrons. The number of para-hydroxylation sites is 2. The SMILES string of the molecule is COc1ccc(C)cc1NC(=O)Nc1ccccc1OC(C)C. The van der Waals surface area contributed by atoms with Crippen molar-refractivity contribution in [2.24, 2.45) is 0 Å². The van der Waals surface area contributed by atoms with Crippen molar-refractivity contribution in [2.75, 3.05) is 17.7 Å². The topological polar surface area (TPSA) is 59.6 Å². The number of benzene rings is 2. The number of rotatable bonds is 5. The molecule has 0 saturated carbocycles. The van der Waals surface area contributed by atoms with Gasteiger partial charge in [-0.1, -0.05) is 18.2 Å². The molecule has 122 valence electrons. The van der Waals surface area contributed by atoms with E-state index in [0.29, 0.717) is 22.9 Å². The average Bonchev–Trinajstić information content (AvgIpc) is 2.49. The molecule has 2 aromatic rings. The van der Waals surface area contributed by atoms with Crippen LogP contribution in [0.1, 0.15) is 19.4 Å². The van der Waals surface area contributed by atoms with Crippen molar-refractivity contribution < 1.29 is 14.3 Å². The lowest BCUT2D eigenvalue weighted by molar-refractivity contribution is 0.243. The Morgan fingerprint density at radius 1 is 1.00 bits per heavy atom. The Morgan fingerprint density at radius 2 is 1.70 bits per heavy atom. The zero-order chi connectivity index (χ0) is 16.8. The molecule has 5 nitrogen and oxygen atoms in total. The van der Waals surface area contributed by atoms with Crippen molar-refractivity contribution in [3.63, 3.8) is 0 Å². The van der Waals surface area contributed by atoms with Gasteiger partial charge in [-0.05, 0) is 50.6 Å². The molecule has 0 fully saturated rings. The van der Waals surface area contributed by atoms with Gasteiger partial charge in [0.2, 0.25) is 0 Å². The van der Waals surface area contributed by atoms with E-state index in [-0.39, 0.29) is 12.1 Å². The Bertz CT molecular complexity index is 684. The van der Waals surface area contributed by atoms with Crippen molar-refractivity contribution in [2.45, 2.75) is 26.9 Å². The van der Waals surface area contributed by atoms with Crippen LogP contribution >= 0.6 is 0 Å². The number of ether oxygens (including phenoxy) is 2. The minimum Gasteiger partial charge on any atom is -0.495 e. The number of urea groups is 1. The van der Waals surface area contributed by atoms with E-state index in [4.69, 9.17) is 9.47 Å². The van der Waals surface area contributed by atoms with E-state index >= 15 is 0 Å². The summed E-state index contributed by atoms with van der Waals surface area (Å²) in [6.45, 7) is 5.83. The maximum Gasteiger partial charge on any atom is 0.323 e. The van der Waals surface area contributed by atoms with Crippen LogP contribution in [0.4, 0.5) is 16.2 Å². The number of nitrogens with one attached hydrogen (secondary N) is 2. The van der Waals surface area contributed by atoms with Crippen LogP contribution in [0.25, 0.3) is 0 Å².